The van der Waals surface area contributed by atoms with Crippen LogP contribution in [0.15, 0.2) is 54.6 Å². The minimum absolute atomic E-state index is 0.192. The molecule has 0 bridgehead atoms. The van der Waals surface area contributed by atoms with Crippen molar-refractivity contribution in [1.29, 1.82) is 5.26 Å². The number of nitriles is 1. The third-order valence-electron chi connectivity index (χ3n) is 4.83. The topological polar surface area (TPSA) is 103 Å². The average molecular weight is 392 g/mol. The van der Waals surface area contributed by atoms with Crippen LogP contribution in [0.5, 0.6) is 5.75 Å². The van der Waals surface area contributed by atoms with E-state index in [4.69, 9.17) is 10.00 Å². The monoisotopic (exact) mass is 392 g/mol. The van der Waals surface area contributed by atoms with Gasteiger partial charge in [-0.3, -0.25) is 19.4 Å². The van der Waals surface area contributed by atoms with Crippen molar-refractivity contribution in [1.82, 2.24) is 10.2 Å². The number of methoxy groups -OCH3 is 1. The smallest absolute Gasteiger partial charge is 0.325 e. The zero-order chi connectivity index (χ0) is 21.0. The van der Waals surface area contributed by atoms with Crippen LogP contribution in [0, 0.1) is 11.3 Å². The molecule has 1 aliphatic heterocycles. The number of anilines is 1. The van der Waals surface area contributed by atoms with Crippen LogP contribution < -0.4 is 15.0 Å². The first kappa shape index (κ1) is 19.9. The van der Waals surface area contributed by atoms with E-state index in [2.05, 4.69) is 5.32 Å². The van der Waals surface area contributed by atoms with Crippen LogP contribution in [0.4, 0.5) is 10.5 Å². The summed E-state index contributed by atoms with van der Waals surface area (Å²) in [5, 5.41) is 11.7. The normalized spacial score (nSPS) is 18.2. The number of ether oxygens (including phenoxy) is 1. The molecular weight excluding hydrogens is 372 g/mol. The zero-order valence-electron chi connectivity index (χ0n) is 16.1. The highest BCUT2D eigenvalue weighted by Crippen LogP contribution is 2.30. The van der Waals surface area contributed by atoms with E-state index in [1.54, 1.807) is 61.5 Å². The van der Waals surface area contributed by atoms with E-state index in [1.807, 2.05) is 6.07 Å². The Morgan fingerprint density at radius 3 is 2.41 bits per heavy atom. The Balaban J connectivity index is 1.82. The molecule has 2 aromatic carbocycles. The Morgan fingerprint density at radius 2 is 1.83 bits per heavy atom. The van der Waals surface area contributed by atoms with Crippen molar-refractivity contribution < 1.29 is 19.1 Å². The number of carbonyl (C=O) groups excluding carboxylic acids is 3. The van der Waals surface area contributed by atoms with Crippen molar-refractivity contribution in [3.63, 3.8) is 0 Å². The maximum atomic E-state index is 13.0. The van der Waals surface area contributed by atoms with Gasteiger partial charge in [0.2, 0.25) is 5.91 Å². The first-order valence-electron chi connectivity index (χ1n) is 8.91. The molecule has 29 heavy (non-hydrogen) atoms. The average Bonchev–Trinajstić information content (AvgIpc) is 2.96. The fourth-order valence-electron chi connectivity index (χ4n) is 3.18. The molecule has 1 heterocycles. The number of amides is 4. The van der Waals surface area contributed by atoms with Gasteiger partial charge >= 0.3 is 6.03 Å². The number of carbonyl (C=O) groups is 3. The summed E-state index contributed by atoms with van der Waals surface area (Å²) in [7, 11) is 1.53. The van der Waals surface area contributed by atoms with Crippen LogP contribution in [0.1, 0.15) is 12.5 Å². The highest BCUT2D eigenvalue weighted by Gasteiger charge is 2.49. The summed E-state index contributed by atoms with van der Waals surface area (Å²) in [6.07, 6.45) is 0. The molecule has 1 aliphatic rings. The predicted molar refractivity (Wildman–Crippen MR) is 105 cm³/mol. The zero-order valence-corrected chi connectivity index (χ0v) is 16.1. The molecule has 0 saturated carbocycles. The maximum Gasteiger partial charge on any atom is 0.325 e. The number of nitrogens with one attached hydrogen (secondary N) is 1. The summed E-state index contributed by atoms with van der Waals surface area (Å²) in [6, 6.07) is 16.7. The van der Waals surface area contributed by atoms with Gasteiger partial charge in [0.25, 0.3) is 5.91 Å². The van der Waals surface area contributed by atoms with Crippen LogP contribution >= 0.6 is 0 Å². The number of hydrogen-bond donors (Lipinski definition) is 1. The van der Waals surface area contributed by atoms with Gasteiger partial charge in [0.1, 0.15) is 24.4 Å². The Bertz CT molecular complexity index is 968. The van der Waals surface area contributed by atoms with E-state index in [0.717, 1.165) is 4.90 Å². The molecule has 1 N–H and O–H groups in total. The highest BCUT2D eigenvalue weighted by atomic mass is 16.5. The van der Waals surface area contributed by atoms with Crippen molar-refractivity contribution in [3.8, 4) is 11.8 Å². The van der Waals surface area contributed by atoms with Crippen molar-refractivity contribution in [3.05, 3.63) is 60.2 Å². The summed E-state index contributed by atoms with van der Waals surface area (Å²) in [5.74, 6) is -0.442. The summed E-state index contributed by atoms with van der Waals surface area (Å²) in [6.45, 7) is 0.930. The van der Waals surface area contributed by atoms with Gasteiger partial charge in [-0.25, -0.2) is 4.79 Å². The van der Waals surface area contributed by atoms with Gasteiger partial charge in [-0.15, -0.1) is 0 Å². The summed E-state index contributed by atoms with van der Waals surface area (Å²) in [4.78, 5) is 40.4. The summed E-state index contributed by atoms with van der Waals surface area (Å²) in [5.41, 5.74) is -0.205. The molecule has 8 heteroatoms. The lowest BCUT2D eigenvalue weighted by Gasteiger charge is -2.24. The number of imide groups is 1. The third kappa shape index (κ3) is 3.75. The molecule has 4 amide bonds. The van der Waals surface area contributed by atoms with E-state index in [9.17, 15) is 14.4 Å². The quantitative estimate of drug-likeness (QED) is 0.598. The second-order valence-electron chi connectivity index (χ2n) is 6.65. The SMILES string of the molecule is COc1ccc(C2(C)NC(=O)N(CC(=O)N(CC#N)c3ccccc3)C2=O)cc1. The van der Waals surface area contributed by atoms with E-state index < -0.39 is 29.9 Å². The fraction of sp³-hybridized carbons (Fsp3) is 0.238. The van der Waals surface area contributed by atoms with Crippen molar-refractivity contribution in [2.24, 2.45) is 0 Å². The van der Waals surface area contributed by atoms with Crippen molar-refractivity contribution >= 4 is 23.5 Å². The summed E-state index contributed by atoms with van der Waals surface area (Å²) >= 11 is 0. The van der Waals surface area contributed by atoms with Gasteiger partial charge in [-0.05, 0) is 36.8 Å². The number of nitrogens with zero attached hydrogens (tertiary/aromatic N) is 3. The molecule has 0 aliphatic carbocycles. The third-order valence-corrected chi connectivity index (χ3v) is 4.83. The lowest BCUT2D eigenvalue weighted by molar-refractivity contribution is -0.134. The molecule has 1 saturated heterocycles. The lowest BCUT2D eigenvalue weighted by atomic mass is 9.92. The van der Waals surface area contributed by atoms with E-state index in [-0.39, 0.29) is 6.54 Å². The Labute approximate surface area is 168 Å². The maximum absolute atomic E-state index is 13.0. The van der Waals surface area contributed by atoms with Gasteiger partial charge in [0.15, 0.2) is 0 Å². The number of urea groups is 1. The highest BCUT2D eigenvalue weighted by molar-refractivity contribution is 6.10. The van der Waals surface area contributed by atoms with E-state index in [0.29, 0.717) is 17.0 Å². The van der Waals surface area contributed by atoms with Crippen LogP contribution in [-0.2, 0) is 15.1 Å². The minimum atomic E-state index is -1.30. The molecule has 2 aromatic rings. The molecule has 8 nitrogen and oxygen atoms in total. The number of benzene rings is 2. The standard InChI is InChI=1S/C21H20N4O4/c1-21(15-8-10-17(29-2)11-9-15)19(27)25(20(28)23-21)14-18(26)24(13-12-22)16-6-4-3-5-7-16/h3-11H,13-14H2,1-2H3,(H,23,28). The second kappa shape index (κ2) is 8.02. The Kier molecular flexibility index (Phi) is 5.50. The van der Waals surface area contributed by atoms with Gasteiger partial charge in [0, 0.05) is 5.69 Å². The first-order valence-corrected chi connectivity index (χ1v) is 8.91. The van der Waals surface area contributed by atoms with Crippen LogP contribution in [0.25, 0.3) is 0 Å². The molecule has 1 fully saturated rings. The number of rotatable bonds is 6. The lowest BCUT2D eigenvalue weighted by Crippen LogP contribution is -2.44. The molecule has 1 unspecified atom stereocenters. The van der Waals surface area contributed by atoms with Gasteiger partial charge in [-0.2, -0.15) is 5.26 Å². The molecule has 0 spiro atoms. The minimum Gasteiger partial charge on any atom is -0.497 e. The summed E-state index contributed by atoms with van der Waals surface area (Å²) < 4.78 is 5.12. The van der Waals surface area contributed by atoms with Crippen molar-refractivity contribution in [2.45, 2.75) is 12.5 Å². The second-order valence-corrected chi connectivity index (χ2v) is 6.65. The van der Waals surface area contributed by atoms with Gasteiger partial charge in [0.05, 0.1) is 13.2 Å². The van der Waals surface area contributed by atoms with E-state index in [1.165, 1.54) is 12.0 Å². The van der Waals surface area contributed by atoms with Gasteiger partial charge < -0.3 is 10.1 Å². The predicted octanol–water partition coefficient (Wildman–Crippen LogP) is 2.02. The van der Waals surface area contributed by atoms with E-state index >= 15 is 0 Å². The van der Waals surface area contributed by atoms with Crippen LogP contribution in [-0.4, -0.2) is 42.9 Å². The molecule has 1 atom stereocenters. The molecular formula is C21H20N4O4. The fourth-order valence-corrected chi connectivity index (χ4v) is 3.18. The van der Waals surface area contributed by atoms with Crippen LogP contribution in [0.2, 0.25) is 0 Å². The first-order chi connectivity index (χ1) is 13.9. The van der Waals surface area contributed by atoms with Gasteiger partial charge in [-0.1, -0.05) is 30.3 Å². The largest absolute Gasteiger partial charge is 0.497 e. The Morgan fingerprint density at radius 1 is 1.17 bits per heavy atom. The van der Waals surface area contributed by atoms with Crippen molar-refractivity contribution in [2.75, 3.05) is 25.1 Å². The molecule has 148 valence electrons. The molecule has 3 rings (SSSR count). The molecule has 0 aromatic heterocycles. The molecule has 0 radical (unpaired) electrons. The number of para-hydroxylation sites is 1. The Hall–Kier alpha value is -3.86. The number of hydrogen-bond acceptors (Lipinski definition) is 5. The van der Waals surface area contributed by atoms with Crippen LogP contribution in [0.3, 0.4) is 0 Å².